The van der Waals surface area contributed by atoms with Crippen LogP contribution in [0, 0.1) is 5.95 Å². The number of amides is 1. The van der Waals surface area contributed by atoms with Crippen LogP contribution in [0.3, 0.4) is 0 Å². The molecule has 0 radical (unpaired) electrons. The van der Waals surface area contributed by atoms with Crippen molar-refractivity contribution in [2.24, 2.45) is 5.73 Å². The molecule has 0 aliphatic rings. The number of halogens is 1. The van der Waals surface area contributed by atoms with E-state index >= 15 is 0 Å². The molecule has 4 rings (SSSR count). The van der Waals surface area contributed by atoms with Gasteiger partial charge in [-0.25, -0.2) is 9.97 Å². The number of fused-ring (bicyclic) bond motifs is 1. The topological polar surface area (TPSA) is 108 Å². The van der Waals surface area contributed by atoms with Gasteiger partial charge in [-0.3, -0.25) is 4.79 Å². The zero-order valence-electron chi connectivity index (χ0n) is 13.3. The van der Waals surface area contributed by atoms with Gasteiger partial charge in [0.1, 0.15) is 11.4 Å². The van der Waals surface area contributed by atoms with Crippen molar-refractivity contribution in [1.82, 2.24) is 20.2 Å². The van der Waals surface area contributed by atoms with Crippen LogP contribution in [0.1, 0.15) is 16.8 Å². The second kappa shape index (κ2) is 6.60. The molecule has 0 saturated heterocycles. The van der Waals surface area contributed by atoms with Crippen molar-refractivity contribution >= 4 is 27.5 Å². The predicted molar refractivity (Wildman–Crippen MR) is 92.8 cm³/mol. The second-order valence-corrected chi connectivity index (χ2v) is 6.66. The molecular weight excluding hydrogens is 357 g/mol. The maximum Gasteiger partial charge on any atom is 0.226 e. The van der Waals surface area contributed by atoms with Gasteiger partial charge in [-0.2, -0.15) is 4.39 Å². The summed E-state index contributed by atoms with van der Waals surface area (Å²) in [7, 11) is 0. The Bertz CT molecular complexity index is 1110. The second-order valence-electron chi connectivity index (χ2n) is 5.55. The fraction of sp³-hybridized carbons (Fsp3) is 0.118. The average Bonchev–Trinajstić information content (AvgIpc) is 3.20. The van der Waals surface area contributed by atoms with Crippen molar-refractivity contribution in [2.75, 3.05) is 0 Å². The fourth-order valence-corrected chi connectivity index (χ4v) is 3.48. The van der Waals surface area contributed by atoms with E-state index in [1.807, 2.05) is 18.2 Å². The van der Waals surface area contributed by atoms with Gasteiger partial charge in [-0.05, 0) is 24.3 Å². The summed E-state index contributed by atoms with van der Waals surface area (Å²) in [6.07, 6.45) is 0.273. The fourth-order valence-electron chi connectivity index (χ4n) is 2.49. The van der Waals surface area contributed by atoms with Gasteiger partial charge in [0.25, 0.3) is 0 Å². The van der Waals surface area contributed by atoms with Gasteiger partial charge >= 0.3 is 0 Å². The van der Waals surface area contributed by atoms with Crippen LogP contribution >= 0.6 is 11.3 Å². The molecule has 4 aromatic rings. The number of hydrogen-bond acceptors (Lipinski definition) is 7. The average molecular weight is 369 g/mol. The molecule has 0 aliphatic heterocycles. The van der Waals surface area contributed by atoms with Crippen molar-refractivity contribution in [2.45, 2.75) is 12.8 Å². The number of nitrogens with zero attached hydrogens (tertiary/aromatic N) is 4. The lowest BCUT2D eigenvalue weighted by atomic mass is 10.1. The van der Waals surface area contributed by atoms with Crippen LogP contribution in [0.5, 0.6) is 0 Å². The first-order valence-corrected chi connectivity index (χ1v) is 8.50. The van der Waals surface area contributed by atoms with Crippen LogP contribution in [-0.2, 0) is 17.6 Å². The number of nitrogens with two attached hydrogens (primary N) is 1. The number of benzene rings is 1. The van der Waals surface area contributed by atoms with Crippen LogP contribution in [0.2, 0.25) is 0 Å². The molecule has 7 nitrogen and oxygen atoms in total. The smallest absolute Gasteiger partial charge is 0.226 e. The molecule has 2 N–H and O–H groups in total. The van der Waals surface area contributed by atoms with Gasteiger partial charge in [-0.1, -0.05) is 12.1 Å². The van der Waals surface area contributed by atoms with Crippen molar-refractivity contribution in [3.63, 3.8) is 0 Å². The number of primary amides is 1. The number of hydrogen-bond donors (Lipinski definition) is 1. The normalized spacial score (nSPS) is 11.1. The standard InChI is InChI=1S/C17H12FN5O2S/c18-13-3-1-2-10(20-13)9-4-5-11-12(6-9)26-17(21-11)8-16-23-22-15(25-16)7-14(19)24/h1-6H,7-8H2,(H2,19,24). The maximum atomic E-state index is 13.3. The molecule has 1 aromatic carbocycles. The predicted octanol–water partition coefficient (Wildman–Crippen LogP) is 2.50. The first-order valence-electron chi connectivity index (χ1n) is 7.69. The van der Waals surface area contributed by atoms with E-state index in [-0.39, 0.29) is 12.3 Å². The molecular formula is C17H12FN5O2S. The Hall–Kier alpha value is -3.20. The Morgan fingerprint density at radius 2 is 2.00 bits per heavy atom. The Morgan fingerprint density at radius 3 is 2.81 bits per heavy atom. The molecule has 0 fully saturated rings. The van der Waals surface area contributed by atoms with Gasteiger partial charge in [0.05, 0.1) is 22.3 Å². The quantitative estimate of drug-likeness (QED) is 0.542. The molecule has 3 aromatic heterocycles. The summed E-state index contributed by atoms with van der Waals surface area (Å²) in [5, 5.41) is 8.47. The van der Waals surface area contributed by atoms with Crippen molar-refractivity contribution in [3.05, 3.63) is 59.1 Å². The highest BCUT2D eigenvalue weighted by molar-refractivity contribution is 7.18. The maximum absolute atomic E-state index is 13.3. The van der Waals surface area contributed by atoms with Gasteiger partial charge in [0, 0.05) is 5.56 Å². The summed E-state index contributed by atoms with van der Waals surface area (Å²) >= 11 is 1.48. The van der Waals surface area contributed by atoms with E-state index < -0.39 is 11.9 Å². The van der Waals surface area contributed by atoms with E-state index in [0.29, 0.717) is 18.0 Å². The third-order valence-corrected chi connectivity index (χ3v) is 4.60. The molecule has 0 saturated carbocycles. The Morgan fingerprint density at radius 1 is 1.15 bits per heavy atom. The zero-order chi connectivity index (χ0) is 18.1. The first kappa shape index (κ1) is 16.3. The van der Waals surface area contributed by atoms with Gasteiger partial charge in [0.2, 0.25) is 23.6 Å². The third kappa shape index (κ3) is 3.42. The van der Waals surface area contributed by atoms with E-state index in [4.69, 9.17) is 10.2 Å². The van der Waals surface area contributed by atoms with Crippen molar-refractivity contribution in [3.8, 4) is 11.3 Å². The SMILES string of the molecule is NC(=O)Cc1nnc(Cc2nc3ccc(-c4cccc(F)n4)cc3s2)o1. The van der Waals surface area contributed by atoms with Gasteiger partial charge in [0.15, 0.2) is 0 Å². The molecule has 0 aliphatic carbocycles. The Kier molecular flexibility index (Phi) is 4.13. The minimum absolute atomic E-state index is 0.0865. The summed E-state index contributed by atoms with van der Waals surface area (Å²) in [6.45, 7) is 0. The van der Waals surface area contributed by atoms with Crippen molar-refractivity contribution in [1.29, 1.82) is 0 Å². The molecule has 1 amide bonds. The number of thiazole rings is 1. The summed E-state index contributed by atoms with van der Waals surface area (Å²) in [6, 6.07) is 10.3. The number of carbonyl (C=O) groups is 1. The molecule has 0 spiro atoms. The van der Waals surface area contributed by atoms with Crippen LogP contribution < -0.4 is 5.73 Å². The molecule has 3 heterocycles. The first-order chi connectivity index (χ1) is 12.6. The van der Waals surface area contributed by atoms with Gasteiger partial charge < -0.3 is 10.2 Å². The number of aromatic nitrogens is 4. The number of rotatable bonds is 5. The van der Waals surface area contributed by atoms with E-state index in [9.17, 15) is 9.18 Å². The zero-order valence-corrected chi connectivity index (χ0v) is 14.2. The lowest BCUT2D eigenvalue weighted by molar-refractivity contribution is -0.117. The van der Waals surface area contributed by atoms with E-state index in [0.717, 1.165) is 20.8 Å². The van der Waals surface area contributed by atoms with Crippen LogP contribution in [0.25, 0.3) is 21.5 Å². The van der Waals surface area contributed by atoms with Crippen molar-refractivity contribution < 1.29 is 13.6 Å². The summed E-state index contributed by atoms with van der Waals surface area (Å²) in [4.78, 5) is 19.3. The number of carbonyl (C=O) groups excluding carboxylic acids is 1. The molecule has 0 bridgehead atoms. The molecule has 0 atom stereocenters. The molecule has 26 heavy (non-hydrogen) atoms. The van der Waals surface area contributed by atoms with E-state index in [1.54, 1.807) is 12.1 Å². The largest absolute Gasteiger partial charge is 0.424 e. The number of pyridine rings is 1. The Balaban J connectivity index is 1.59. The van der Waals surface area contributed by atoms with Crippen LogP contribution in [0.4, 0.5) is 4.39 Å². The van der Waals surface area contributed by atoms with Gasteiger partial charge in [-0.15, -0.1) is 21.5 Å². The summed E-state index contributed by atoms with van der Waals surface area (Å²) < 4.78 is 19.7. The lowest BCUT2D eigenvalue weighted by Crippen LogP contribution is -2.13. The third-order valence-electron chi connectivity index (χ3n) is 3.58. The highest BCUT2D eigenvalue weighted by Gasteiger charge is 2.13. The van der Waals surface area contributed by atoms with E-state index in [1.165, 1.54) is 17.4 Å². The highest BCUT2D eigenvalue weighted by Crippen LogP contribution is 2.28. The molecule has 9 heteroatoms. The monoisotopic (exact) mass is 369 g/mol. The molecule has 130 valence electrons. The minimum Gasteiger partial charge on any atom is -0.424 e. The lowest BCUT2D eigenvalue weighted by Gasteiger charge is -2.00. The van der Waals surface area contributed by atoms with Crippen LogP contribution in [0.15, 0.2) is 40.8 Å². The molecule has 0 unspecified atom stereocenters. The highest BCUT2D eigenvalue weighted by atomic mass is 32.1. The summed E-state index contributed by atoms with van der Waals surface area (Å²) in [5.41, 5.74) is 7.30. The van der Waals surface area contributed by atoms with E-state index in [2.05, 4.69) is 20.2 Å². The van der Waals surface area contributed by atoms with Crippen LogP contribution in [-0.4, -0.2) is 26.1 Å². The Labute approximate surface area is 150 Å². The summed E-state index contributed by atoms with van der Waals surface area (Å²) in [5.74, 6) is -0.491. The minimum atomic E-state index is -0.529.